The highest BCUT2D eigenvalue weighted by Gasteiger charge is 2.30. The molecule has 1 atom stereocenters. The van der Waals surface area contributed by atoms with Crippen molar-refractivity contribution in [3.8, 4) is 0 Å². The summed E-state index contributed by atoms with van der Waals surface area (Å²) in [5.74, 6) is 0.391. The van der Waals surface area contributed by atoms with Crippen molar-refractivity contribution in [2.45, 2.75) is 30.9 Å². The first-order valence-corrected chi connectivity index (χ1v) is 5.80. The smallest absolute Gasteiger partial charge is 0.153 e. The molecule has 0 aliphatic carbocycles. The third kappa shape index (κ3) is 2.17. The van der Waals surface area contributed by atoms with Gasteiger partial charge in [0.15, 0.2) is 9.84 Å². The summed E-state index contributed by atoms with van der Waals surface area (Å²) in [6.45, 7) is 0.603. The van der Waals surface area contributed by atoms with Gasteiger partial charge in [-0.05, 0) is 32.2 Å². The van der Waals surface area contributed by atoms with Gasteiger partial charge in [-0.25, -0.2) is 8.42 Å². The van der Waals surface area contributed by atoms with E-state index < -0.39 is 9.84 Å². The van der Waals surface area contributed by atoms with Gasteiger partial charge in [0.05, 0.1) is 11.0 Å². The summed E-state index contributed by atoms with van der Waals surface area (Å²) >= 11 is 0. The molecule has 0 aromatic rings. The molecule has 0 spiro atoms. The zero-order chi connectivity index (χ0) is 8.32. The van der Waals surface area contributed by atoms with Gasteiger partial charge < -0.3 is 5.73 Å². The average Bonchev–Trinajstić information content (AvgIpc) is 2.25. The molecule has 0 aromatic heterocycles. The lowest BCUT2D eigenvalue weighted by Crippen LogP contribution is -2.17. The van der Waals surface area contributed by atoms with Gasteiger partial charge in [-0.2, -0.15) is 0 Å². The zero-order valence-corrected chi connectivity index (χ0v) is 7.44. The van der Waals surface area contributed by atoms with Gasteiger partial charge in [0.2, 0.25) is 0 Å². The first-order valence-electron chi connectivity index (χ1n) is 4.08. The first-order chi connectivity index (χ1) is 5.17. The van der Waals surface area contributed by atoms with Crippen LogP contribution in [0.15, 0.2) is 0 Å². The lowest BCUT2D eigenvalue weighted by molar-refractivity contribution is 0.577. The molecule has 1 aliphatic heterocycles. The van der Waals surface area contributed by atoms with Crippen molar-refractivity contribution in [2.24, 2.45) is 5.73 Å². The van der Waals surface area contributed by atoms with Crippen LogP contribution in [-0.2, 0) is 9.84 Å². The maximum atomic E-state index is 11.2. The number of sulfone groups is 1. The van der Waals surface area contributed by atoms with Gasteiger partial charge in [-0.1, -0.05) is 0 Å². The Morgan fingerprint density at radius 2 is 2.18 bits per heavy atom. The van der Waals surface area contributed by atoms with Crippen molar-refractivity contribution in [1.29, 1.82) is 0 Å². The Labute approximate surface area is 67.9 Å². The van der Waals surface area contributed by atoms with Crippen molar-refractivity contribution in [3.05, 3.63) is 0 Å². The van der Waals surface area contributed by atoms with Crippen LogP contribution in [0.25, 0.3) is 0 Å². The predicted octanol–water partition coefficient (Wildman–Crippen LogP) is 0.303. The van der Waals surface area contributed by atoms with E-state index in [-0.39, 0.29) is 5.25 Å². The zero-order valence-electron chi connectivity index (χ0n) is 6.62. The largest absolute Gasteiger partial charge is 0.330 e. The molecular weight excluding hydrogens is 162 g/mol. The van der Waals surface area contributed by atoms with Crippen molar-refractivity contribution < 1.29 is 8.42 Å². The van der Waals surface area contributed by atoms with Crippen molar-refractivity contribution >= 4 is 9.84 Å². The Morgan fingerprint density at radius 3 is 2.64 bits per heavy atom. The quantitative estimate of drug-likeness (QED) is 0.674. The molecule has 1 fully saturated rings. The Bertz CT molecular complexity index is 210. The molecule has 0 aromatic carbocycles. The van der Waals surface area contributed by atoms with Gasteiger partial charge in [-0.3, -0.25) is 0 Å². The summed E-state index contributed by atoms with van der Waals surface area (Å²) in [4.78, 5) is 0. The van der Waals surface area contributed by atoms with Gasteiger partial charge in [0, 0.05) is 0 Å². The van der Waals surface area contributed by atoms with E-state index >= 15 is 0 Å². The number of rotatable bonds is 3. The molecule has 1 heterocycles. The lowest BCUT2D eigenvalue weighted by Gasteiger charge is -2.06. The van der Waals surface area contributed by atoms with Crippen LogP contribution in [0.2, 0.25) is 0 Å². The third-order valence-corrected chi connectivity index (χ3v) is 4.54. The number of hydrogen-bond acceptors (Lipinski definition) is 3. The average molecular weight is 177 g/mol. The summed E-state index contributed by atoms with van der Waals surface area (Å²) in [5, 5.41) is -0.0777. The topological polar surface area (TPSA) is 60.2 Å². The van der Waals surface area contributed by atoms with E-state index in [0.717, 1.165) is 25.7 Å². The van der Waals surface area contributed by atoms with Crippen LogP contribution in [-0.4, -0.2) is 26.0 Å². The van der Waals surface area contributed by atoms with Crippen LogP contribution in [0.5, 0.6) is 0 Å². The highest BCUT2D eigenvalue weighted by Crippen LogP contribution is 2.23. The van der Waals surface area contributed by atoms with Gasteiger partial charge in [0.25, 0.3) is 0 Å². The Morgan fingerprint density at radius 1 is 1.45 bits per heavy atom. The maximum Gasteiger partial charge on any atom is 0.153 e. The van der Waals surface area contributed by atoms with E-state index in [4.69, 9.17) is 5.73 Å². The van der Waals surface area contributed by atoms with Gasteiger partial charge in [0.1, 0.15) is 0 Å². The fourth-order valence-electron chi connectivity index (χ4n) is 1.53. The normalized spacial score (nSPS) is 29.0. The molecule has 3 nitrogen and oxygen atoms in total. The second-order valence-electron chi connectivity index (χ2n) is 3.06. The molecule has 2 N–H and O–H groups in total. The lowest BCUT2D eigenvalue weighted by atomic mass is 10.1. The highest BCUT2D eigenvalue weighted by atomic mass is 32.2. The van der Waals surface area contributed by atoms with E-state index in [1.807, 2.05) is 0 Å². The molecule has 1 rings (SSSR count). The van der Waals surface area contributed by atoms with E-state index in [9.17, 15) is 8.42 Å². The van der Waals surface area contributed by atoms with Crippen LogP contribution < -0.4 is 5.73 Å². The molecule has 11 heavy (non-hydrogen) atoms. The summed E-state index contributed by atoms with van der Waals surface area (Å²) in [6, 6.07) is 0. The molecule has 1 aliphatic rings. The fourth-order valence-corrected chi connectivity index (χ4v) is 3.48. The van der Waals surface area contributed by atoms with Crippen LogP contribution in [0, 0.1) is 0 Å². The molecule has 1 saturated heterocycles. The molecule has 0 amide bonds. The van der Waals surface area contributed by atoms with E-state index in [1.165, 1.54) is 0 Å². The van der Waals surface area contributed by atoms with Crippen molar-refractivity contribution in [1.82, 2.24) is 0 Å². The van der Waals surface area contributed by atoms with Crippen LogP contribution in [0.1, 0.15) is 25.7 Å². The maximum absolute atomic E-state index is 11.2. The van der Waals surface area contributed by atoms with E-state index in [0.29, 0.717) is 12.3 Å². The Kier molecular flexibility index (Phi) is 2.90. The molecule has 66 valence electrons. The monoisotopic (exact) mass is 177 g/mol. The molecule has 1 unspecified atom stereocenters. The second kappa shape index (κ2) is 3.54. The third-order valence-electron chi connectivity index (χ3n) is 2.19. The summed E-state index contributed by atoms with van der Waals surface area (Å²) in [5.41, 5.74) is 5.30. The standard InChI is InChI=1S/C7H15NO2S/c8-5-1-3-7-4-2-6-11(7,9)10/h7H,1-6,8H2. The van der Waals surface area contributed by atoms with Gasteiger partial charge >= 0.3 is 0 Å². The minimum absolute atomic E-state index is 0.0777. The Hall–Kier alpha value is -0.0900. The molecule has 0 bridgehead atoms. The number of hydrogen-bond donors (Lipinski definition) is 1. The number of nitrogens with two attached hydrogens (primary N) is 1. The Balaban J connectivity index is 2.45. The van der Waals surface area contributed by atoms with Crippen LogP contribution in [0.3, 0.4) is 0 Å². The summed E-state index contributed by atoms with van der Waals surface area (Å²) in [7, 11) is -2.71. The van der Waals surface area contributed by atoms with E-state index in [1.54, 1.807) is 0 Å². The minimum Gasteiger partial charge on any atom is -0.330 e. The van der Waals surface area contributed by atoms with Crippen molar-refractivity contribution in [2.75, 3.05) is 12.3 Å². The SMILES string of the molecule is NCCCC1CCCS1(=O)=O. The minimum atomic E-state index is -2.71. The molecular formula is C7H15NO2S. The predicted molar refractivity (Wildman–Crippen MR) is 45.1 cm³/mol. The molecule has 4 heteroatoms. The highest BCUT2D eigenvalue weighted by molar-refractivity contribution is 7.92. The van der Waals surface area contributed by atoms with Crippen molar-refractivity contribution in [3.63, 3.8) is 0 Å². The van der Waals surface area contributed by atoms with E-state index in [2.05, 4.69) is 0 Å². The van der Waals surface area contributed by atoms with Crippen LogP contribution >= 0.6 is 0 Å². The molecule has 0 radical (unpaired) electrons. The summed E-state index contributed by atoms with van der Waals surface area (Å²) in [6.07, 6.45) is 3.29. The second-order valence-corrected chi connectivity index (χ2v) is 5.46. The summed E-state index contributed by atoms with van der Waals surface area (Å²) < 4.78 is 22.5. The molecule has 0 saturated carbocycles. The van der Waals surface area contributed by atoms with Crippen LogP contribution in [0.4, 0.5) is 0 Å². The van der Waals surface area contributed by atoms with Gasteiger partial charge in [-0.15, -0.1) is 0 Å². The fraction of sp³-hybridized carbons (Fsp3) is 1.00. The first kappa shape index (κ1) is 9.00.